The Hall–Kier alpha value is 0.140. The molecule has 1 atom stereocenters. The van der Waals surface area contributed by atoms with E-state index in [2.05, 4.69) is 12.6 Å². The summed E-state index contributed by atoms with van der Waals surface area (Å²) in [6.07, 6.45) is -1.63. The zero-order valence-corrected chi connectivity index (χ0v) is 8.59. The Bertz CT molecular complexity index is 170. The highest BCUT2D eigenvalue weighted by atomic mass is 32.1. The van der Waals surface area contributed by atoms with Crippen molar-refractivity contribution in [2.45, 2.75) is 50.5 Å². The van der Waals surface area contributed by atoms with Gasteiger partial charge in [0.15, 0.2) is 0 Å². The maximum Gasteiger partial charge on any atom is 0.389 e. The molecule has 1 aliphatic carbocycles. The second-order valence-corrected chi connectivity index (χ2v) is 5.06. The lowest BCUT2D eigenvalue weighted by molar-refractivity contribution is -0.148. The molecular formula is C9H15F3S. The van der Waals surface area contributed by atoms with Crippen LogP contribution in [0.4, 0.5) is 13.2 Å². The van der Waals surface area contributed by atoms with Gasteiger partial charge in [-0.25, -0.2) is 0 Å². The molecule has 1 unspecified atom stereocenters. The van der Waals surface area contributed by atoms with E-state index in [1.54, 1.807) is 0 Å². The molecule has 0 spiro atoms. The molecule has 1 aliphatic rings. The van der Waals surface area contributed by atoms with Gasteiger partial charge in [-0.1, -0.05) is 6.92 Å². The second kappa shape index (κ2) is 3.71. The molecule has 0 heterocycles. The number of thiol groups is 1. The average Bonchev–Trinajstić information content (AvgIpc) is 2.62. The van der Waals surface area contributed by atoms with Crippen LogP contribution in [0, 0.1) is 5.41 Å². The third kappa shape index (κ3) is 4.25. The van der Waals surface area contributed by atoms with Gasteiger partial charge in [0.1, 0.15) is 0 Å². The first kappa shape index (κ1) is 11.2. The highest BCUT2D eigenvalue weighted by Gasteiger charge is 2.49. The van der Waals surface area contributed by atoms with Crippen molar-refractivity contribution in [2.75, 3.05) is 0 Å². The number of hydrogen-bond acceptors (Lipinski definition) is 1. The molecule has 1 saturated carbocycles. The lowest BCUT2D eigenvalue weighted by Gasteiger charge is -2.17. The zero-order chi connectivity index (χ0) is 10.1. The van der Waals surface area contributed by atoms with Gasteiger partial charge >= 0.3 is 6.18 Å². The maximum atomic E-state index is 12.1. The summed E-state index contributed by atoms with van der Waals surface area (Å²) >= 11 is 4.17. The molecule has 0 aromatic rings. The predicted molar refractivity (Wildman–Crippen MR) is 50.0 cm³/mol. The quantitative estimate of drug-likeness (QED) is 0.673. The van der Waals surface area contributed by atoms with Gasteiger partial charge in [0, 0.05) is 6.42 Å². The molecule has 4 heteroatoms. The predicted octanol–water partition coefficient (Wildman–Crippen LogP) is 3.82. The molecule has 0 N–H and O–H groups in total. The molecule has 0 saturated heterocycles. The van der Waals surface area contributed by atoms with Crippen molar-refractivity contribution < 1.29 is 13.2 Å². The van der Waals surface area contributed by atoms with Crippen molar-refractivity contribution in [3.05, 3.63) is 0 Å². The summed E-state index contributed by atoms with van der Waals surface area (Å²) in [6, 6.07) is 0. The molecule has 0 nitrogen and oxygen atoms in total. The van der Waals surface area contributed by atoms with Crippen molar-refractivity contribution >= 4 is 12.6 Å². The molecule has 0 radical (unpaired) electrons. The summed E-state index contributed by atoms with van der Waals surface area (Å²) in [5, 5.41) is 0.214. The normalized spacial score (nSPS) is 22.8. The monoisotopic (exact) mass is 212 g/mol. The summed E-state index contributed by atoms with van der Waals surface area (Å²) < 4.78 is 36.3. The lowest BCUT2D eigenvalue weighted by Crippen LogP contribution is -2.16. The molecule has 1 rings (SSSR count). The van der Waals surface area contributed by atoms with Crippen LogP contribution in [0.3, 0.4) is 0 Å². The molecule has 0 aliphatic heterocycles. The first-order valence-corrected chi connectivity index (χ1v) is 5.09. The molecular weight excluding hydrogens is 197 g/mol. The lowest BCUT2D eigenvalue weighted by atomic mass is 9.95. The second-order valence-electron chi connectivity index (χ2n) is 4.18. The van der Waals surface area contributed by atoms with Gasteiger partial charge in [-0.15, -0.1) is 0 Å². The van der Waals surface area contributed by atoms with Crippen LogP contribution in [0.2, 0.25) is 0 Å². The van der Waals surface area contributed by atoms with E-state index < -0.39 is 18.0 Å². The van der Waals surface area contributed by atoms with Crippen LogP contribution in [-0.4, -0.2) is 11.4 Å². The molecule has 0 aromatic heterocycles. The van der Waals surface area contributed by atoms with Crippen LogP contribution in [0.25, 0.3) is 0 Å². The van der Waals surface area contributed by atoms with Crippen LogP contribution < -0.4 is 0 Å². The van der Waals surface area contributed by atoms with E-state index in [4.69, 9.17) is 0 Å². The fraction of sp³-hybridized carbons (Fsp3) is 1.00. The molecule has 0 bridgehead atoms. The van der Waals surface area contributed by atoms with E-state index in [-0.39, 0.29) is 5.25 Å². The van der Waals surface area contributed by atoms with Crippen molar-refractivity contribution in [2.24, 2.45) is 5.41 Å². The van der Waals surface area contributed by atoms with E-state index in [1.165, 1.54) is 0 Å². The standard InChI is InChI=1S/C9H15F3S/c1-7(13)2-3-8(4-5-8)6-9(10,11)12/h7,13H,2-6H2,1H3. The maximum absolute atomic E-state index is 12.1. The van der Waals surface area contributed by atoms with Crippen LogP contribution in [-0.2, 0) is 0 Å². The van der Waals surface area contributed by atoms with E-state index in [9.17, 15) is 13.2 Å². The smallest absolute Gasteiger partial charge is 0.176 e. The van der Waals surface area contributed by atoms with Crippen molar-refractivity contribution in [3.63, 3.8) is 0 Å². The van der Waals surface area contributed by atoms with Gasteiger partial charge in [0.2, 0.25) is 0 Å². The molecule has 13 heavy (non-hydrogen) atoms. The van der Waals surface area contributed by atoms with E-state index >= 15 is 0 Å². The Morgan fingerprint density at radius 1 is 1.38 bits per heavy atom. The fourth-order valence-electron chi connectivity index (χ4n) is 1.63. The van der Waals surface area contributed by atoms with Gasteiger partial charge in [-0.05, 0) is 36.3 Å². The largest absolute Gasteiger partial charge is 0.389 e. The Morgan fingerprint density at radius 2 is 1.92 bits per heavy atom. The first-order valence-electron chi connectivity index (χ1n) is 4.58. The number of rotatable bonds is 4. The van der Waals surface area contributed by atoms with Crippen molar-refractivity contribution in [3.8, 4) is 0 Å². The van der Waals surface area contributed by atoms with E-state index in [1.807, 2.05) is 6.92 Å². The van der Waals surface area contributed by atoms with Gasteiger partial charge in [0.05, 0.1) is 0 Å². The number of halogens is 3. The van der Waals surface area contributed by atoms with Crippen LogP contribution in [0.1, 0.15) is 39.0 Å². The van der Waals surface area contributed by atoms with E-state index in [0.717, 1.165) is 19.3 Å². The topological polar surface area (TPSA) is 0 Å². The third-order valence-corrected chi connectivity index (χ3v) is 2.88. The highest BCUT2D eigenvalue weighted by Crippen LogP contribution is 2.56. The Balaban J connectivity index is 2.31. The summed E-state index contributed by atoms with van der Waals surface area (Å²) in [6.45, 7) is 1.92. The van der Waals surface area contributed by atoms with Crippen LogP contribution >= 0.6 is 12.6 Å². The molecule has 0 aromatic carbocycles. The summed E-state index contributed by atoms with van der Waals surface area (Å²) in [7, 11) is 0. The van der Waals surface area contributed by atoms with Crippen molar-refractivity contribution in [1.29, 1.82) is 0 Å². The fourth-order valence-corrected chi connectivity index (χ4v) is 1.76. The first-order chi connectivity index (χ1) is 5.83. The minimum atomic E-state index is -3.99. The summed E-state index contributed by atoms with van der Waals surface area (Å²) in [4.78, 5) is 0. The van der Waals surface area contributed by atoms with Gasteiger partial charge < -0.3 is 0 Å². The summed E-state index contributed by atoms with van der Waals surface area (Å²) in [5.74, 6) is 0. The van der Waals surface area contributed by atoms with Crippen LogP contribution in [0.15, 0.2) is 0 Å². The van der Waals surface area contributed by atoms with Gasteiger partial charge in [-0.3, -0.25) is 0 Å². The van der Waals surface area contributed by atoms with E-state index in [0.29, 0.717) is 6.42 Å². The highest BCUT2D eigenvalue weighted by molar-refractivity contribution is 7.80. The zero-order valence-electron chi connectivity index (χ0n) is 7.69. The average molecular weight is 212 g/mol. The Morgan fingerprint density at radius 3 is 2.23 bits per heavy atom. The van der Waals surface area contributed by atoms with Gasteiger partial charge in [0.25, 0.3) is 0 Å². The van der Waals surface area contributed by atoms with Gasteiger partial charge in [-0.2, -0.15) is 25.8 Å². The molecule has 0 amide bonds. The summed E-state index contributed by atoms with van der Waals surface area (Å²) in [5.41, 5.74) is -0.408. The Kier molecular flexibility index (Phi) is 3.20. The van der Waals surface area contributed by atoms with Crippen LogP contribution in [0.5, 0.6) is 0 Å². The third-order valence-electron chi connectivity index (χ3n) is 2.62. The number of hydrogen-bond donors (Lipinski definition) is 1. The SMILES string of the molecule is CC(S)CCC1(CC(F)(F)F)CC1. The minimum absolute atomic E-state index is 0.214. The molecule has 1 fully saturated rings. The minimum Gasteiger partial charge on any atom is -0.176 e. The van der Waals surface area contributed by atoms with Crippen molar-refractivity contribution in [1.82, 2.24) is 0 Å². The molecule has 78 valence electrons. The number of alkyl halides is 3. The Labute approximate surface area is 82.3 Å².